The summed E-state index contributed by atoms with van der Waals surface area (Å²) in [4.78, 5) is 6.33. The summed E-state index contributed by atoms with van der Waals surface area (Å²) in [5, 5.41) is 11.5. The predicted molar refractivity (Wildman–Crippen MR) is 86.0 cm³/mol. The first-order valence-electron chi connectivity index (χ1n) is 6.62. The van der Waals surface area contributed by atoms with Gasteiger partial charge < -0.3 is 10.9 Å². The van der Waals surface area contributed by atoms with Crippen LogP contribution in [0.5, 0.6) is 0 Å². The molecule has 0 aliphatic heterocycles. The smallest absolute Gasteiger partial charge is 0.188 e. The number of rotatable bonds is 3. The number of nitrogens with zero attached hydrogens (tertiary/aromatic N) is 2. The lowest BCUT2D eigenvalue weighted by atomic mass is 9.87. The first-order valence-corrected chi connectivity index (χ1v) is 7.44. The molecule has 0 bridgehead atoms. The van der Waals surface area contributed by atoms with Gasteiger partial charge in [0, 0.05) is 16.0 Å². The van der Waals surface area contributed by atoms with Crippen molar-refractivity contribution in [2.45, 2.75) is 36.0 Å². The molecule has 0 spiro atoms. The summed E-state index contributed by atoms with van der Waals surface area (Å²) in [5.74, 6) is 0.0149. The van der Waals surface area contributed by atoms with E-state index >= 15 is 0 Å². The topological polar surface area (TPSA) is 71.5 Å². The molecule has 1 heterocycles. The zero-order chi connectivity index (χ0) is 15.5. The minimum absolute atomic E-state index is 0.0149. The second-order valence-electron chi connectivity index (χ2n) is 5.74. The minimum atomic E-state index is 0.0149. The van der Waals surface area contributed by atoms with Gasteiger partial charge in [-0.25, -0.2) is 0 Å². The number of oxime groups is 1. The van der Waals surface area contributed by atoms with Gasteiger partial charge >= 0.3 is 0 Å². The molecule has 0 aliphatic rings. The molecule has 2 aromatic rings. The maximum atomic E-state index is 8.60. The molecule has 110 valence electrons. The highest BCUT2D eigenvalue weighted by Gasteiger charge is 2.13. The third-order valence-corrected chi connectivity index (χ3v) is 4.05. The number of benzene rings is 1. The van der Waals surface area contributed by atoms with Crippen molar-refractivity contribution in [1.82, 2.24) is 4.98 Å². The van der Waals surface area contributed by atoms with Crippen LogP contribution in [-0.2, 0) is 5.41 Å². The quantitative estimate of drug-likeness (QED) is 0.393. The first-order chi connectivity index (χ1) is 9.90. The fraction of sp³-hybridized carbons (Fsp3) is 0.250. The van der Waals surface area contributed by atoms with Crippen molar-refractivity contribution < 1.29 is 5.21 Å². The number of pyridine rings is 1. The van der Waals surface area contributed by atoms with E-state index in [4.69, 9.17) is 10.9 Å². The predicted octanol–water partition coefficient (Wildman–Crippen LogP) is 3.62. The fourth-order valence-corrected chi connectivity index (χ4v) is 2.59. The Morgan fingerprint density at radius 3 is 2.19 bits per heavy atom. The van der Waals surface area contributed by atoms with Crippen LogP contribution in [-0.4, -0.2) is 16.0 Å². The molecule has 0 saturated carbocycles. The molecule has 0 unspecified atom stereocenters. The van der Waals surface area contributed by atoms with Crippen molar-refractivity contribution in [3.8, 4) is 0 Å². The molecule has 0 radical (unpaired) electrons. The standard InChI is InChI=1S/C16H19N3OS/c1-16(2,3)11-4-6-12(7-5-11)21-13-8-9-14(18-10-13)15(17)19-20/h4-10,20H,1-3H3,(H2,17,19). The van der Waals surface area contributed by atoms with Crippen molar-refractivity contribution in [3.05, 3.63) is 53.9 Å². The molecule has 3 N–H and O–H groups in total. The van der Waals surface area contributed by atoms with Crippen LogP contribution in [0.1, 0.15) is 32.0 Å². The van der Waals surface area contributed by atoms with Crippen LogP contribution in [0.25, 0.3) is 0 Å². The number of hydrogen-bond acceptors (Lipinski definition) is 4. The molecule has 0 atom stereocenters. The highest BCUT2D eigenvalue weighted by molar-refractivity contribution is 7.99. The van der Waals surface area contributed by atoms with Crippen molar-refractivity contribution in [1.29, 1.82) is 0 Å². The second-order valence-corrected chi connectivity index (χ2v) is 6.89. The van der Waals surface area contributed by atoms with E-state index in [0.717, 1.165) is 9.79 Å². The Morgan fingerprint density at radius 2 is 1.71 bits per heavy atom. The number of hydrogen-bond donors (Lipinski definition) is 2. The minimum Gasteiger partial charge on any atom is -0.409 e. The SMILES string of the molecule is CC(C)(C)c1ccc(Sc2ccc(/C(N)=N/O)nc2)cc1. The first kappa shape index (κ1) is 15.4. The molecule has 0 amide bonds. The van der Waals surface area contributed by atoms with E-state index in [1.165, 1.54) is 5.56 Å². The summed E-state index contributed by atoms with van der Waals surface area (Å²) in [6.07, 6.45) is 1.72. The summed E-state index contributed by atoms with van der Waals surface area (Å²) in [7, 11) is 0. The van der Waals surface area contributed by atoms with Gasteiger partial charge in [0.2, 0.25) is 0 Å². The third-order valence-electron chi connectivity index (χ3n) is 3.06. The highest BCUT2D eigenvalue weighted by Crippen LogP contribution is 2.29. The van der Waals surface area contributed by atoms with E-state index in [2.05, 4.69) is 55.2 Å². The average Bonchev–Trinajstić information content (AvgIpc) is 2.47. The van der Waals surface area contributed by atoms with E-state index in [0.29, 0.717) is 5.69 Å². The molecule has 2 rings (SSSR count). The largest absolute Gasteiger partial charge is 0.409 e. The van der Waals surface area contributed by atoms with Crippen LogP contribution >= 0.6 is 11.8 Å². The fourth-order valence-electron chi connectivity index (χ4n) is 1.80. The van der Waals surface area contributed by atoms with Gasteiger partial charge in [0.25, 0.3) is 0 Å². The van der Waals surface area contributed by atoms with Gasteiger partial charge in [-0.3, -0.25) is 4.98 Å². The zero-order valence-corrected chi connectivity index (χ0v) is 13.2. The van der Waals surface area contributed by atoms with Crippen LogP contribution in [0.15, 0.2) is 57.5 Å². The number of amidine groups is 1. The average molecular weight is 301 g/mol. The van der Waals surface area contributed by atoms with Gasteiger partial charge in [-0.1, -0.05) is 49.8 Å². The molecule has 0 saturated heterocycles. The van der Waals surface area contributed by atoms with Gasteiger partial charge in [-0.05, 0) is 35.2 Å². The normalized spacial score (nSPS) is 12.4. The van der Waals surface area contributed by atoms with Gasteiger partial charge in [0.1, 0.15) is 5.69 Å². The maximum absolute atomic E-state index is 8.60. The summed E-state index contributed by atoms with van der Waals surface area (Å²) >= 11 is 1.63. The zero-order valence-electron chi connectivity index (χ0n) is 12.4. The van der Waals surface area contributed by atoms with E-state index in [-0.39, 0.29) is 11.3 Å². The molecule has 0 aliphatic carbocycles. The lowest BCUT2D eigenvalue weighted by molar-refractivity contribution is 0.318. The third kappa shape index (κ3) is 3.98. The Bertz CT molecular complexity index is 628. The molecular formula is C16H19N3OS. The molecular weight excluding hydrogens is 282 g/mol. The number of nitrogens with two attached hydrogens (primary N) is 1. The molecule has 5 heteroatoms. The lowest BCUT2D eigenvalue weighted by Crippen LogP contribution is -2.14. The molecule has 4 nitrogen and oxygen atoms in total. The Morgan fingerprint density at radius 1 is 1.10 bits per heavy atom. The highest BCUT2D eigenvalue weighted by atomic mass is 32.2. The van der Waals surface area contributed by atoms with Crippen LogP contribution in [0.2, 0.25) is 0 Å². The van der Waals surface area contributed by atoms with Crippen molar-refractivity contribution >= 4 is 17.6 Å². The molecule has 1 aromatic carbocycles. The van der Waals surface area contributed by atoms with Crippen LogP contribution in [0.4, 0.5) is 0 Å². The Hall–Kier alpha value is -2.01. The molecule has 1 aromatic heterocycles. The Labute approximate surface area is 129 Å². The van der Waals surface area contributed by atoms with E-state index in [1.54, 1.807) is 24.0 Å². The summed E-state index contributed by atoms with van der Waals surface area (Å²) in [5.41, 5.74) is 7.42. The van der Waals surface area contributed by atoms with Gasteiger partial charge in [0.15, 0.2) is 5.84 Å². The molecule has 21 heavy (non-hydrogen) atoms. The Kier molecular flexibility index (Phi) is 4.53. The van der Waals surface area contributed by atoms with E-state index in [9.17, 15) is 0 Å². The van der Waals surface area contributed by atoms with Crippen LogP contribution in [0, 0.1) is 0 Å². The molecule has 0 fully saturated rings. The Balaban J connectivity index is 2.11. The van der Waals surface area contributed by atoms with Gasteiger partial charge in [0.05, 0.1) is 0 Å². The lowest BCUT2D eigenvalue weighted by Gasteiger charge is -2.19. The van der Waals surface area contributed by atoms with Crippen molar-refractivity contribution in [2.24, 2.45) is 10.9 Å². The van der Waals surface area contributed by atoms with Gasteiger partial charge in [-0.15, -0.1) is 0 Å². The summed E-state index contributed by atoms with van der Waals surface area (Å²) in [6, 6.07) is 12.2. The van der Waals surface area contributed by atoms with Gasteiger partial charge in [-0.2, -0.15) is 0 Å². The summed E-state index contributed by atoms with van der Waals surface area (Å²) < 4.78 is 0. The van der Waals surface area contributed by atoms with Crippen molar-refractivity contribution in [3.63, 3.8) is 0 Å². The van der Waals surface area contributed by atoms with E-state index < -0.39 is 0 Å². The monoisotopic (exact) mass is 301 g/mol. The second kappa shape index (κ2) is 6.18. The van der Waals surface area contributed by atoms with E-state index in [1.807, 2.05) is 6.07 Å². The van der Waals surface area contributed by atoms with Crippen molar-refractivity contribution in [2.75, 3.05) is 0 Å². The summed E-state index contributed by atoms with van der Waals surface area (Å²) in [6.45, 7) is 6.60. The maximum Gasteiger partial charge on any atom is 0.188 e. The van der Waals surface area contributed by atoms with Crippen LogP contribution in [0.3, 0.4) is 0 Å². The number of aromatic nitrogens is 1. The van der Waals surface area contributed by atoms with Crippen LogP contribution < -0.4 is 5.73 Å².